The number of H-pyrrole nitrogens is 1. The number of para-hydroxylation sites is 1. The molecular weight excluding hydrogens is 401 g/mol. The first-order chi connectivity index (χ1) is 15.1. The molecule has 1 amide bonds. The number of hydrogen-bond donors (Lipinski definition) is 3. The summed E-state index contributed by atoms with van der Waals surface area (Å²) in [7, 11) is 0. The van der Waals surface area contributed by atoms with E-state index < -0.39 is 11.9 Å². The van der Waals surface area contributed by atoms with E-state index in [1.807, 2.05) is 18.2 Å². The number of ether oxygens (including phenoxy) is 1. The molecule has 1 aliphatic rings. The van der Waals surface area contributed by atoms with Crippen molar-refractivity contribution in [2.45, 2.75) is 6.10 Å². The van der Waals surface area contributed by atoms with Gasteiger partial charge in [-0.3, -0.25) is 19.7 Å². The highest BCUT2D eigenvalue weighted by Crippen LogP contribution is 2.17. The van der Waals surface area contributed by atoms with Gasteiger partial charge in [-0.1, -0.05) is 12.1 Å². The van der Waals surface area contributed by atoms with E-state index in [4.69, 9.17) is 4.74 Å². The van der Waals surface area contributed by atoms with Crippen molar-refractivity contribution in [1.29, 1.82) is 0 Å². The number of amides is 1. The molecule has 0 aliphatic carbocycles. The van der Waals surface area contributed by atoms with Crippen LogP contribution in [-0.4, -0.2) is 83.0 Å². The molecule has 2 heterocycles. The number of nitrogens with one attached hydrogen (secondary N) is 2. The van der Waals surface area contributed by atoms with Crippen molar-refractivity contribution in [2.24, 2.45) is 0 Å². The SMILES string of the molecule is O=C(CN1CCN(CC(O)COc2ccccc2F)CC1)Nc1ccc2[nH]ncc2c1. The van der Waals surface area contributed by atoms with Crippen molar-refractivity contribution in [3.63, 3.8) is 0 Å². The third-order valence-electron chi connectivity index (χ3n) is 5.29. The number of carbonyl (C=O) groups is 1. The predicted molar refractivity (Wildman–Crippen MR) is 116 cm³/mol. The Morgan fingerprint density at radius 1 is 1.19 bits per heavy atom. The number of carbonyl (C=O) groups excluding carboxylic acids is 1. The molecule has 164 valence electrons. The van der Waals surface area contributed by atoms with Gasteiger partial charge in [-0.2, -0.15) is 5.10 Å². The van der Waals surface area contributed by atoms with Gasteiger partial charge in [-0.15, -0.1) is 0 Å². The van der Waals surface area contributed by atoms with E-state index in [0.29, 0.717) is 13.1 Å². The van der Waals surface area contributed by atoms with E-state index in [2.05, 4.69) is 25.3 Å². The Bertz CT molecular complexity index is 1020. The van der Waals surface area contributed by atoms with Gasteiger partial charge < -0.3 is 15.2 Å². The molecule has 1 atom stereocenters. The summed E-state index contributed by atoms with van der Waals surface area (Å²) in [6.07, 6.45) is 1.01. The zero-order valence-corrected chi connectivity index (χ0v) is 17.1. The number of hydrogen-bond acceptors (Lipinski definition) is 6. The summed E-state index contributed by atoms with van der Waals surface area (Å²) in [6.45, 7) is 3.74. The first-order valence-electron chi connectivity index (χ1n) is 10.3. The fraction of sp³-hybridized carbons (Fsp3) is 0.364. The lowest BCUT2D eigenvalue weighted by Gasteiger charge is -2.35. The highest BCUT2D eigenvalue weighted by Gasteiger charge is 2.21. The molecule has 0 bridgehead atoms. The third kappa shape index (κ3) is 5.78. The fourth-order valence-electron chi connectivity index (χ4n) is 3.65. The minimum absolute atomic E-state index is 0.0323. The largest absolute Gasteiger partial charge is 0.488 e. The van der Waals surface area contributed by atoms with Crippen LogP contribution in [0.1, 0.15) is 0 Å². The number of aliphatic hydroxyl groups is 1. The normalized spacial score (nSPS) is 16.3. The van der Waals surface area contributed by atoms with Crippen LogP contribution in [0, 0.1) is 5.82 Å². The Morgan fingerprint density at radius 3 is 2.77 bits per heavy atom. The van der Waals surface area contributed by atoms with Crippen LogP contribution in [0.5, 0.6) is 5.75 Å². The first kappa shape index (κ1) is 21.2. The molecule has 0 radical (unpaired) electrons. The van der Waals surface area contributed by atoms with Gasteiger partial charge in [0, 0.05) is 43.8 Å². The Hall–Kier alpha value is -3.01. The molecule has 1 fully saturated rings. The molecule has 1 saturated heterocycles. The number of aromatic nitrogens is 2. The zero-order valence-electron chi connectivity index (χ0n) is 17.1. The summed E-state index contributed by atoms with van der Waals surface area (Å²) in [5, 5.41) is 21.0. The van der Waals surface area contributed by atoms with E-state index in [-0.39, 0.29) is 18.3 Å². The number of aromatic amines is 1. The molecule has 4 rings (SSSR count). The van der Waals surface area contributed by atoms with Gasteiger partial charge >= 0.3 is 0 Å². The number of rotatable bonds is 8. The Labute approximate surface area is 179 Å². The highest BCUT2D eigenvalue weighted by atomic mass is 19.1. The lowest BCUT2D eigenvalue weighted by molar-refractivity contribution is -0.117. The van der Waals surface area contributed by atoms with Gasteiger partial charge in [-0.25, -0.2) is 4.39 Å². The molecule has 1 aromatic heterocycles. The average Bonchev–Trinajstić information content (AvgIpc) is 3.22. The van der Waals surface area contributed by atoms with Gasteiger partial charge in [0.25, 0.3) is 0 Å². The number of halogens is 1. The summed E-state index contributed by atoms with van der Waals surface area (Å²) in [4.78, 5) is 16.6. The van der Waals surface area contributed by atoms with Crippen LogP contribution in [0.4, 0.5) is 10.1 Å². The number of aliphatic hydroxyl groups excluding tert-OH is 1. The summed E-state index contributed by atoms with van der Waals surface area (Å²) in [5.74, 6) is -0.356. The topological polar surface area (TPSA) is 93.7 Å². The maximum absolute atomic E-state index is 13.6. The quantitative estimate of drug-likeness (QED) is 0.507. The Morgan fingerprint density at radius 2 is 1.97 bits per heavy atom. The molecule has 0 saturated carbocycles. The fourth-order valence-corrected chi connectivity index (χ4v) is 3.65. The molecular formula is C22H26FN5O3. The van der Waals surface area contributed by atoms with Gasteiger partial charge in [0.1, 0.15) is 12.7 Å². The van der Waals surface area contributed by atoms with Crippen molar-refractivity contribution in [1.82, 2.24) is 20.0 Å². The molecule has 8 nitrogen and oxygen atoms in total. The maximum Gasteiger partial charge on any atom is 0.238 e. The van der Waals surface area contributed by atoms with Crippen LogP contribution in [-0.2, 0) is 4.79 Å². The minimum Gasteiger partial charge on any atom is -0.488 e. The third-order valence-corrected chi connectivity index (χ3v) is 5.29. The van der Waals surface area contributed by atoms with Crippen molar-refractivity contribution < 1.29 is 19.0 Å². The van der Waals surface area contributed by atoms with Crippen molar-refractivity contribution in [3.05, 3.63) is 54.5 Å². The molecule has 31 heavy (non-hydrogen) atoms. The smallest absolute Gasteiger partial charge is 0.238 e. The molecule has 0 spiro atoms. The number of β-amino-alcohol motifs (C(OH)–C–C–N with tert-alkyl or cyclic N) is 1. The highest BCUT2D eigenvalue weighted by molar-refractivity contribution is 5.94. The number of fused-ring (bicyclic) bond motifs is 1. The molecule has 3 aromatic rings. The first-order valence-corrected chi connectivity index (χ1v) is 10.3. The lowest BCUT2D eigenvalue weighted by atomic mass is 10.2. The monoisotopic (exact) mass is 427 g/mol. The molecule has 1 unspecified atom stereocenters. The van der Waals surface area contributed by atoms with Gasteiger partial charge in [0.2, 0.25) is 5.91 Å². The Balaban J connectivity index is 1.17. The number of anilines is 1. The molecule has 3 N–H and O–H groups in total. The summed E-state index contributed by atoms with van der Waals surface area (Å²) in [6, 6.07) is 11.8. The van der Waals surface area contributed by atoms with E-state index in [9.17, 15) is 14.3 Å². The van der Waals surface area contributed by atoms with Crippen LogP contribution in [0.2, 0.25) is 0 Å². The van der Waals surface area contributed by atoms with Gasteiger partial charge in [0.05, 0.1) is 18.3 Å². The van der Waals surface area contributed by atoms with E-state index in [0.717, 1.165) is 42.8 Å². The van der Waals surface area contributed by atoms with Crippen LogP contribution in [0.25, 0.3) is 10.9 Å². The lowest BCUT2D eigenvalue weighted by Crippen LogP contribution is -2.50. The van der Waals surface area contributed by atoms with Crippen molar-refractivity contribution >= 4 is 22.5 Å². The molecule has 1 aliphatic heterocycles. The van der Waals surface area contributed by atoms with Crippen molar-refractivity contribution in [2.75, 3.05) is 51.2 Å². The summed E-state index contributed by atoms with van der Waals surface area (Å²) < 4.78 is 18.9. The van der Waals surface area contributed by atoms with Gasteiger partial charge in [0.15, 0.2) is 11.6 Å². The number of benzene rings is 2. The van der Waals surface area contributed by atoms with Crippen LogP contribution in [0.3, 0.4) is 0 Å². The number of nitrogens with zero attached hydrogens (tertiary/aromatic N) is 3. The van der Waals surface area contributed by atoms with Crippen LogP contribution in [0.15, 0.2) is 48.7 Å². The second kappa shape index (κ2) is 9.86. The van der Waals surface area contributed by atoms with Gasteiger partial charge in [-0.05, 0) is 30.3 Å². The summed E-state index contributed by atoms with van der Waals surface area (Å²) >= 11 is 0. The zero-order chi connectivity index (χ0) is 21.6. The Kier molecular flexibility index (Phi) is 6.76. The minimum atomic E-state index is -0.715. The molecule has 9 heteroatoms. The van der Waals surface area contributed by atoms with Crippen LogP contribution >= 0.6 is 0 Å². The number of piperazine rings is 1. The molecule has 2 aromatic carbocycles. The average molecular weight is 427 g/mol. The second-order valence-corrected chi connectivity index (χ2v) is 7.69. The summed E-state index contributed by atoms with van der Waals surface area (Å²) in [5.41, 5.74) is 1.67. The van der Waals surface area contributed by atoms with E-state index in [1.165, 1.54) is 6.07 Å². The van der Waals surface area contributed by atoms with E-state index in [1.54, 1.807) is 24.4 Å². The standard InChI is InChI=1S/C22H26FN5O3/c23-19-3-1-2-4-21(19)31-15-18(29)13-27-7-9-28(10-8-27)14-22(30)25-17-5-6-20-16(11-17)12-24-26-20/h1-6,11-12,18,29H,7-10,13-15H2,(H,24,26)(H,25,30). The van der Waals surface area contributed by atoms with E-state index >= 15 is 0 Å². The van der Waals surface area contributed by atoms with Crippen molar-refractivity contribution in [3.8, 4) is 5.75 Å². The van der Waals surface area contributed by atoms with Crippen LogP contribution < -0.4 is 10.1 Å². The maximum atomic E-state index is 13.6. The predicted octanol–water partition coefficient (Wildman–Crippen LogP) is 1.70. The second-order valence-electron chi connectivity index (χ2n) is 7.69.